The van der Waals surface area contributed by atoms with Gasteiger partial charge in [0.25, 0.3) is 0 Å². The number of aromatic nitrogens is 1. The fourth-order valence-corrected chi connectivity index (χ4v) is 2.41. The topological polar surface area (TPSA) is 22.1 Å². The summed E-state index contributed by atoms with van der Waals surface area (Å²) in [6.45, 7) is 4.84. The van der Waals surface area contributed by atoms with Gasteiger partial charge in [0.15, 0.2) is 5.01 Å². The Hall–Kier alpha value is -1.53. The van der Waals surface area contributed by atoms with Gasteiger partial charge >= 0.3 is 0 Å². The lowest BCUT2D eigenvalue weighted by atomic mass is 10.2. The third kappa shape index (κ3) is 2.02. The Morgan fingerprint density at radius 1 is 1.50 bits per heavy atom. The lowest BCUT2D eigenvalue weighted by Crippen LogP contribution is -1.96. The Morgan fingerprint density at radius 3 is 3.00 bits per heavy atom. The fraction of sp³-hybridized carbons (Fsp3) is 0.308. The van der Waals surface area contributed by atoms with Gasteiger partial charge in [-0.3, -0.25) is 0 Å². The Balaban J connectivity index is 2.53. The third-order valence-electron chi connectivity index (χ3n) is 2.19. The van der Waals surface area contributed by atoms with Crippen molar-refractivity contribution in [1.29, 1.82) is 0 Å². The quantitative estimate of drug-likeness (QED) is 0.755. The normalized spacial score (nSPS) is 10.3. The van der Waals surface area contributed by atoms with Crippen molar-refractivity contribution in [2.24, 2.45) is 0 Å². The molecule has 2 nitrogen and oxygen atoms in total. The molecule has 0 saturated carbocycles. The van der Waals surface area contributed by atoms with Gasteiger partial charge in [-0.1, -0.05) is 6.92 Å². The van der Waals surface area contributed by atoms with Gasteiger partial charge < -0.3 is 4.74 Å². The lowest BCUT2D eigenvalue weighted by molar-refractivity contribution is 0.320. The summed E-state index contributed by atoms with van der Waals surface area (Å²) in [6, 6.07) is 4.10. The van der Waals surface area contributed by atoms with Crippen molar-refractivity contribution >= 4 is 21.6 Å². The van der Waals surface area contributed by atoms with Crippen molar-refractivity contribution in [2.75, 3.05) is 6.61 Å². The second-order valence-electron chi connectivity index (χ2n) is 3.62. The molecule has 1 aromatic heterocycles. The first-order valence-corrected chi connectivity index (χ1v) is 6.07. The Kier molecular flexibility index (Phi) is 3.12. The molecule has 1 heterocycles. The maximum atomic E-state index is 5.68. The molecule has 3 heteroatoms. The predicted octanol–water partition coefficient (Wildman–Crippen LogP) is 3.37. The monoisotopic (exact) mass is 231 g/mol. The van der Waals surface area contributed by atoms with Gasteiger partial charge in [0.2, 0.25) is 0 Å². The van der Waals surface area contributed by atoms with Crippen LogP contribution in [0.3, 0.4) is 0 Å². The number of terminal acetylenes is 1. The molecule has 0 aliphatic carbocycles. The summed E-state index contributed by atoms with van der Waals surface area (Å²) in [5.74, 6) is 3.41. The summed E-state index contributed by atoms with van der Waals surface area (Å²) in [5.41, 5.74) is 2.06. The molecule has 0 aliphatic heterocycles. The van der Waals surface area contributed by atoms with Crippen LogP contribution in [0.25, 0.3) is 10.2 Å². The molecule has 0 fully saturated rings. The molecule has 16 heavy (non-hydrogen) atoms. The second-order valence-corrected chi connectivity index (χ2v) is 4.65. The second kappa shape index (κ2) is 4.54. The number of aryl methyl sites for hydroxylation is 1. The fourth-order valence-electron chi connectivity index (χ4n) is 1.51. The van der Waals surface area contributed by atoms with Crippen LogP contribution in [0.15, 0.2) is 12.1 Å². The van der Waals surface area contributed by atoms with Crippen molar-refractivity contribution in [3.8, 4) is 18.1 Å². The minimum absolute atomic E-state index is 0.710. The van der Waals surface area contributed by atoms with E-state index in [0.717, 1.165) is 22.4 Å². The van der Waals surface area contributed by atoms with Crippen molar-refractivity contribution < 1.29 is 4.74 Å². The van der Waals surface area contributed by atoms with Crippen LogP contribution in [0.2, 0.25) is 0 Å². The highest BCUT2D eigenvalue weighted by Crippen LogP contribution is 2.31. The highest BCUT2D eigenvalue weighted by Gasteiger charge is 2.09. The van der Waals surface area contributed by atoms with E-state index in [1.165, 1.54) is 16.9 Å². The average molecular weight is 231 g/mol. The van der Waals surface area contributed by atoms with E-state index in [-0.39, 0.29) is 0 Å². The molecule has 82 valence electrons. The number of fused-ring (bicyclic) bond motifs is 1. The highest BCUT2D eigenvalue weighted by molar-refractivity contribution is 7.19. The van der Waals surface area contributed by atoms with Gasteiger partial charge in [0, 0.05) is 0 Å². The van der Waals surface area contributed by atoms with Gasteiger partial charge in [0.1, 0.15) is 11.3 Å². The number of ether oxygens (including phenoxy) is 1. The van der Waals surface area contributed by atoms with Crippen LogP contribution in [-0.4, -0.2) is 11.6 Å². The Bertz CT molecular complexity index is 551. The molecular formula is C13H13NOS. The van der Waals surface area contributed by atoms with Crippen molar-refractivity contribution in [3.05, 3.63) is 22.7 Å². The van der Waals surface area contributed by atoms with E-state index >= 15 is 0 Å². The zero-order chi connectivity index (χ0) is 11.5. The molecule has 0 N–H and O–H groups in total. The van der Waals surface area contributed by atoms with E-state index in [4.69, 9.17) is 11.2 Å². The number of hydrogen-bond donors (Lipinski definition) is 0. The average Bonchev–Trinajstić information content (AvgIpc) is 2.68. The molecular weight excluding hydrogens is 218 g/mol. The minimum atomic E-state index is 0.710. The first kappa shape index (κ1) is 11.0. The first-order chi connectivity index (χ1) is 7.74. The molecule has 0 saturated heterocycles. The van der Waals surface area contributed by atoms with E-state index in [1.54, 1.807) is 0 Å². The summed E-state index contributed by atoms with van der Waals surface area (Å²) in [4.78, 5) is 4.38. The summed E-state index contributed by atoms with van der Waals surface area (Å²) in [5, 5.41) is 0.710. The molecule has 2 aromatic rings. The van der Waals surface area contributed by atoms with Crippen LogP contribution >= 0.6 is 11.3 Å². The molecule has 0 bridgehead atoms. The summed E-state index contributed by atoms with van der Waals surface area (Å²) in [7, 11) is 0. The van der Waals surface area contributed by atoms with Crippen LogP contribution in [0.5, 0.6) is 5.75 Å². The molecule has 0 atom stereocenters. The van der Waals surface area contributed by atoms with E-state index < -0.39 is 0 Å². The zero-order valence-corrected chi connectivity index (χ0v) is 10.2. The Labute approximate surface area is 99.3 Å². The zero-order valence-electron chi connectivity index (χ0n) is 9.41. The van der Waals surface area contributed by atoms with Crippen molar-refractivity contribution in [3.63, 3.8) is 0 Å². The Morgan fingerprint density at radius 2 is 2.31 bits per heavy atom. The van der Waals surface area contributed by atoms with Gasteiger partial charge in [0.05, 0.1) is 11.3 Å². The number of benzene rings is 1. The maximum absolute atomic E-state index is 5.68. The summed E-state index contributed by atoms with van der Waals surface area (Å²) >= 11 is 1.53. The number of thiazole rings is 1. The number of hydrogen-bond acceptors (Lipinski definition) is 3. The smallest absolute Gasteiger partial charge is 0.167 e. The summed E-state index contributed by atoms with van der Waals surface area (Å²) in [6.07, 6.45) is 6.35. The molecule has 0 spiro atoms. The predicted molar refractivity (Wildman–Crippen MR) is 68.1 cm³/mol. The van der Waals surface area contributed by atoms with Gasteiger partial charge in [-0.15, -0.1) is 17.8 Å². The van der Waals surface area contributed by atoms with Crippen LogP contribution in [-0.2, 0) is 0 Å². The SMILES string of the molecule is C#Cc1nc2c(OCCC)cc(C)cc2s1. The van der Waals surface area contributed by atoms with Crippen molar-refractivity contribution in [2.45, 2.75) is 20.3 Å². The van der Waals surface area contributed by atoms with E-state index in [0.29, 0.717) is 11.6 Å². The maximum Gasteiger partial charge on any atom is 0.167 e. The van der Waals surface area contributed by atoms with Gasteiger partial charge in [-0.25, -0.2) is 4.98 Å². The van der Waals surface area contributed by atoms with Crippen molar-refractivity contribution in [1.82, 2.24) is 4.98 Å². The van der Waals surface area contributed by atoms with Crippen LogP contribution < -0.4 is 4.74 Å². The molecule has 0 radical (unpaired) electrons. The lowest BCUT2D eigenvalue weighted by Gasteiger charge is -2.05. The molecule has 0 aliphatic rings. The third-order valence-corrected chi connectivity index (χ3v) is 3.12. The molecule has 0 amide bonds. The van der Waals surface area contributed by atoms with E-state index in [9.17, 15) is 0 Å². The summed E-state index contributed by atoms with van der Waals surface area (Å²) < 4.78 is 6.78. The van der Waals surface area contributed by atoms with E-state index in [2.05, 4.69) is 23.9 Å². The van der Waals surface area contributed by atoms with Crippen LogP contribution in [0.1, 0.15) is 23.9 Å². The minimum Gasteiger partial charge on any atom is -0.491 e. The highest BCUT2D eigenvalue weighted by atomic mass is 32.1. The van der Waals surface area contributed by atoms with Gasteiger partial charge in [-0.2, -0.15) is 0 Å². The van der Waals surface area contributed by atoms with E-state index in [1.807, 2.05) is 13.0 Å². The molecule has 2 rings (SSSR count). The largest absolute Gasteiger partial charge is 0.491 e. The standard InChI is InChI=1S/C13H13NOS/c1-4-6-15-10-7-9(3)8-11-13(10)14-12(5-2)16-11/h2,7-8H,4,6H2,1,3H3. The number of nitrogens with zero attached hydrogens (tertiary/aromatic N) is 1. The van der Waals surface area contributed by atoms with Crippen LogP contribution in [0, 0.1) is 19.3 Å². The molecule has 0 unspecified atom stereocenters. The van der Waals surface area contributed by atoms with Crippen LogP contribution in [0.4, 0.5) is 0 Å². The molecule has 1 aromatic carbocycles. The number of rotatable bonds is 3. The first-order valence-electron chi connectivity index (χ1n) is 5.25. The van der Waals surface area contributed by atoms with Gasteiger partial charge in [-0.05, 0) is 37.0 Å².